The molecular formula is C15H9BrINO. The van der Waals surface area contributed by atoms with Crippen LogP contribution < -0.4 is 5.32 Å². The number of rotatable bonds is 1. The highest BCUT2D eigenvalue weighted by atomic mass is 127. The molecule has 0 heterocycles. The van der Waals surface area contributed by atoms with Crippen molar-refractivity contribution in [2.24, 2.45) is 0 Å². The topological polar surface area (TPSA) is 29.1 Å². The molecule has 0 fully saturated rings. The van der Waals surface area contributed by atoms with E-state index in [1.165, 1.54) is 0 Å². The Morgan fingerprint density at radius 2 is 1.89 bits per heavy atom. The SMILES string of the molecule is O=C(C#Cc1ccccc1)Nc1ccc(I)cc1Br. The molecule has 2 aromatic rings. The lowest BCUT2D eigenvalue weighted by Gasteiger charge is -2.04. The average molecular weight is 426 g/mol. The van der Waals surface area contributed by atoms with Gasteiger partial charge in [-0.05, 0) is 68.9 Å². The van der Waals surface area contributed by atoms with Crippen molar-refractivity contribution in [3.8, 4) is 11.8 Å². The number of nitrogens with one attached hydrogen (secondary N) is 1. The summed E-state index contributed by atoms with van der Waals surface area (Å²) in [6.45, 7) is 0. The molecule has 0 aromatic heterocycles. The molecule has 0 radical (unpaired) electrons. The Morgan fingerprint density at radius 1 is 1.16 bits per heavy atom. The molecule has 4 heteroatoms. The van der Waals surface area contributed by atoms with E-state index >= 15 is 0 Å². The first kappa shape index (κ1) is 14.1. The van der Waals surface area contributed by atoms with Gasteiger partial charge in [0, 0.05) is 19.5 Å². The van der Waals surface area contributed by atoms with Crippen LogP contribution in [0.2, 0.25) is 0 Å². The van der Waals surface area contributed by atoms with Crippen molar-refractivity contribution in [3.63, 3.8) is 0 Å². The number of hydrogen-bond donors (Lipinski definition) is 1. The summed E-state index contributed by atoms with van der Waals surface area (Å²) in [4.78, 5) is 11.7. The minimum absolute atomic E-state index is 0.328. The summed E-state index contributed by atoms with van der Waals surface area (Å²) in [5.41, 5.74) is 1.53. The average Bonchev–Trinajstić information content (AvgIpc) is 2.41. The van der Waals surface area contributed by atoms with Gasteiger partial charge >= 0.3 is 5.91 Å². The van der Waals surface area contributed by atoms with Gasteiger partial charge in [0.05, 0.1) is 5.69 Å². The van der Waals surface area contributed by atoms with Gasteiger partial charge in [-0.1, -0.05) is 24.1 Å². The van der Waals surface area contributed by atoms with E-state index in [1.807, 2.05) is 48.5 Å². The summed E-state index contributed by atoms with van der Waals surface area (Å²) < 4.78 is 1.94. The van der Waals surface area contributed by atoms with Crippen molar-refractivity contribution in [3.05, 3.63) is 62.1 Å². The number of amides is 1. The van der Waals surface area contributed by atoms with E-state index in [9.17, 15) is 4.79 Å². The van der Waals surface area contributed by atoms with Crippen LogP contribution >= 0.6 is 38.5 Å². The van der Waals surface area contributed by atoms with E-state index in [0.29, 0.717) is 5.69 Å². The molecule has 0 saturated heterocycles. The van der Waals surface area contributed by atoms with Gasteiger partial charge in [-0.15, -0.1) is 0 Å². The van der Waals surface area contributed by atoms with Crippen LogP contribution in [0.4, 0.5) is 5.69 Å². The van der Waals surface area contributed by atoms with E-state index in [0.717, 1.165) is 13.6 Å². The molecular weight excluding hydrogens is 417 g/mol. The maximum atomic E-state index is 11.7. The first-order valence-corrected chi connectivity index (χ1v) is 7.35. The fraction of sp³-hybridized carbons (Fsp3) is 0. The Balaban J connectivity index is 2.08. The molecule has 0 aliphatic rings. The third-order valence-corrected chi connectivity index (χ3v) is 3.60. The molecule has 1 amide bonds. The first-order valence-electron chi connectivity index (χ1n) is 5.48. The third-order valence-electron chi connectivity index (χ3n) is 2.27. The summed E-state index contributed by atoms with van der Waals surface area (Å²) in [6.07, 6.45) is 0. The quantitative estimate of drug-likeness (QED) is 0.542. The highest BCUT2D eigenvalue weighted by molar-refractivity contribution is 14.1. The summed E-state index contributed by atoms with van der Waals surface area (Å²) in [5.74, 6) is 5.06. The Morgan fingerprint density at radius 3 is 2.58 bits per heavy atom. The first-order chi connectivity index (χ1) is 9.15. The zero-order valence-electron chi connectivity index (χ0n) is 9.78. The minimum atomic E-state index is -0.328. The minimum Gasteiger partial charge on any atom is -0.314 e. The second-order valence-corrected chi connectivity index (χ2v) is 5.79. The normalized spacial score (nSPS) is 9.37. The van der Waals surface area contributed by atoms with Gasteiger partial charge in [0.15, 0.2) is 0 Å². The smallest absolute Gasteiger partial charge is 0.300 e. The summed E-state index contributed by atoms with van der Waals surface area (Å²) in [6, 6.07) is 15.1. The fourth-order valence-corrected chi connectivity index (χ4v) is 2.79. The molecule has 1 N–H and O–H groups in total. The Kier molecular flexibility index (Phi) is 5.00. The van der Waals surface area contributed by atoms with Gasteiger partial charge in [-0.2, -0.15) is 0 Å². The van der Waals surface area contributed by atoms with Crippen LogP contribution in [0.1, 0.15) is 5.56 Å². The zero-order valence-corrected chi connectivity index (χ0v) is 13.5. The predicted molar refractivity (Wildman–Crippen MR) is 88.8 cm³/mol. The Bertz CT molecular complexity index is 659. The van der Waals surface area contributed by atoms with Gasteiger partial charge in [0.1, 0.15) is 0 Å². The van der Waals surface area contributed by atoms with E-state index in [1.54, 1.807) is 0 Å². The van der Waals surface area contributed by atoms with Crippen molar-refractivity contribution >= 4 is 50.1 Å². The van der Waals surface area contributed by atoms with Gasteiger partial charge in [-0.3, -0.25) is 4.79 Å². The molecule has 0 unspecified atom stereocenters. The van der Waals surface area contributed by atoms with Crippen LogP contribution in [0.3, 0.4) is 0 Å². The number of hydrogen-bond acceptors (Lipinski definition) is 1. The van der Waals surface area contributed by atoms with Crippen molar-refractivity contribution in [1.82, 2.24) is 0 Å². The summed E-state index contributed by atoms with van der Waals surface area (Å²) in [5, 5.41) is 2.74. The van der Waals surface area contributed by atoms with E-state index < -0.39 is 0 Å². The number of carbonyl (C=O) groups excluding carboxylic acids is 1. The standard InChI is InChI=1S/C15H9BrINO/c16-13-10-12(17)7-8-14(13)18-15(19)9-6-11-4-2-1-3-5-11/h1-5,7-8,10H,(H,18,19). The van der Waals surface area contributed by atoms with E-state index in [2.05, 4.69) is 55.7 Å². The largest absolute Gasteiger partial charge is 0.314 e. The predicted octanol–water partition coefficient (Wildman–Crippen LogP) is 4.04. The molecule has 0 aliphatic heterocycles. The highest BCUT2D eigenvalue weighted by Crippen LogP contribution is 2.24. The third kappa shape index (κ3) is 4.37. The highest BCUT2D eigenvalue weighted by Gasteiger charge is 2.03. The Labute approximate surface area is 133 Å². The summed E-state index contributed by atoms with van der Waals surface area (Å²) in [7, 11) is 0. The molecule has 0 atom stereocenters. The molecule has 2 rings (SSSR count). The molecule has 94 valence electrons. The molecule has 2 nitrogen and oxygen atoms in total. The second kappa shape index (κ2) is 6.73. The van der Waals surface area contributed by atoms with E-state index in [-0.39, 0.29) is 5.91 Å². The van der Waals surface area contributed by atoms with Crippen LogP contribution in [0.15, 0.2) is 53.0 Å². The van der Waals surface area contributed by atoms with Crippen LogP contribution in [-0.2, 0) is 4.79 Å². The molecule has 0 saturated carbocycles. The van der Waals surface area contributed by atoms with Crippen LogP contribution in [0.25, 0.3) is 0 Å². The van der Waals surface area contributed by atoms with Crippen LogP contribution in [0, 0.1) is 15.4 Å². The monoisotopic (exact) mass is 425 g/mol. The molecule has 0 aliphatic carbocycles. The Hall–Kier alpha value is -1.32. The van der Waals surface area contributed by atoms with Crippen molar-refractivity contribution in [2.45, 2.75) is 0 Å². The van der Waals surface area contributed by atoms with Crippen molar-refractivity contribution < 1.29 is 4.79 Å². The molecule has 2 aromatic carbocycles. The summed E-state index contributed by atoms with van der Waals surface area (Å²) >= 11 is 5.61. The number of benzene rings is 2. The maximum absolute atomic E-state index is 11.7. The van der Waals surface area contributed by atoms with Gasteiger partial charge < -0.3 is 5.32 Å². The maximum Gasteiger partial charge on any atom is 0.300 e. The zero-order chi connectivity index (χ0) is 13.7. The number of carbonyl (C=O) groups is 1. The number of halogens is 2. The number of anilines is 1. The van der Waals surface area contributed by atoms with Gasteiger partial charge in [0.2, 0.25) is 0 Å². The van der Waals surface area contributed by atoms with E-state index in [4.69, 9.17) is 0 Å². The lowest BCUT2D eigenvalue weighted by atomic mass is 10.2. The lowest BCUT2D eigenvalue weighted by molar-refractivity contribution is -0.111. The molecule has 0 spiro atoms. The fourth-order valence-electron chi connectivity index (χ4n) is 1.39. The van der Waals surface area contributed by atoms with Crippen molar-refractivity contribution in [2.75, 3.05) is 5.32 Å². The van der Waals surface area contributed by atoms with Gasteiger partial charge in [0.25, 0.3) is 0 Å². The lowest BCUT2D eigenvalue weighted by Crippen LogP contribution is -2.09. The molecule has 19 heavy (non-hydrogen) atoms. The molecule has 0 bridgehead atoms. The van der Waals surface area contributed by atoms with Gasteiger partial charge in [-0.25, -0.2) is 0 Å². The van der Waals surface area contributed by atoms with Crippen molar-refractivity contribution in [1.29, 1.82) is 0 Å². The van der Waals surface area contributed by atoms with Crippen LogP contribution in [-0.4, -0.2) is 5.91 Å². The second-order valence-electron chi connectivity index (χ2n) is 3.69. The van der Waals surface area contributed by atoms with Crippen LogP contribution in [0.5, 0.6) is 0 Å².